The van der Waals surface area contributed by atoms with Crippen molar-refractivity contribution in [1.29, 1.82) is 0 Å². The quantitative estimate of drug-likeness (QED) is 0.801. The minimum atomic E-state index is -0.0685. The first kappa shape index (κ1) is 19.0. The molecule has 2 heterocycles. The van der Waals surface area contributed by atoms with Crippen LogP contribution >= 0.6 is 11.6 Å². The third-order valence-corrected chi connectivity index (χ3v) is 4.85. The second kappa shape index (κ2) is 8.67. The number of piperidine rings is 1. The van der Waals surface area contributed by atoms with Crippen molar-refractivity contribution in [2.75, 3.05) is 26.7 Å². The molecule has 0 spiro atoms. The highest BCUT2D eigenvalue weighted by molar-refractivity contribution is 6.31. The van der Waals surface area contributed by atoms with Crippen molar-refractivity contribution in [3.05, 3.63) is 22.5 Å². The summed E-state index contributed by atoms with van der Waals surface area (Å²) >= 11 is 6.38. The monoisotopic (exact) mass is 352 g/mol. The Morgan fingerprint density at radius 2 is 2.08 bits per heavy atom. The average Bonchev–Trinajstić information content (AvgIpc) is 2.78. The Morgan fingerprint density at radius 1 is 1.42 bits per heavy atom. The zero-order valence-corrected chi connectivity index (χ0v) is 15.9. The van der Waals surface area contributed by atoms with E-state index in [1.54, 1.807) is 16.8 Å². The normalized spacial score (nSPS) is 17.1. The number of likely N-dealkylation sites (tertiary alicyclic amines) is 1. The first-order chi connectivity index (χ1) is 11.4. The Kier molecular flexibility index (Phi) is 6.87. The summed E-state index contributed by atoms with van der Waals surface area (Å²) < 4.78 is 1.80. The van der Waals surface area contributed by atoms with Gasteiger partial charge in [-0.1, -0.05) is 25.4 Å². The van der Waals surface area contributed by atoms with Gasteiger partial charge in [-0.25, -0.2) is 0 Å². The van der Waals surface area contributed by atoms with E-state index in [1.807, 2.05) is 6.92 Å². The van der Waals surface area contributed by atoms with Crippen LogP contribution in [0.25, 0.3) is 6.08 Å². The zero-order chi connectivity index (χ0) is 17.7. The molecule has 1 N–H and O–H groups in total. The molecule has 134 valence electrons. The third-order valence-electron chi connectivity index (χ3n) is 4.45. The average molecular weight is 353 g/mol. The zero-order valence-electron chi connectivity index (χ0n) is 15.2. The van der Waals surface area contributed by atoms with E-state index < -0.39 is 0 Å². The van der Waals surface area contributed by atoms with Gasteiger partial charge in [0.2, 0.25) is 5.91 Å². The fourth-order valence-electron chi connectivity index (χ4n) is 2.95. The molecule has 1 aromatic rings. The topological polar surface area (TPSA) is 50.2 Å². The van der Waals surface area contributed by atoms with Crippen LogP contribution in [0.4, 0.5) is 0 Å². The van der Waals surface area contributed by atoms with Crippen molar-refractivity contribution < 1.29 is 4.79 Å². The van der Waals surface area contributed by atoms with Gasteiger partial charge in [0.15, 0.2) is 0 Å². The van der Waals surface area contributed by atoms with Crippen LogP contribution in [0, 0.1) is 18.8 Å². The van der Waals surface area contributed by atoms with Gasteiger partial charge in [-0.15, -0.1) is 0 Å². The fourth-order valence-corrected chi connectivity index (χ4v) is 3.26. The number of aromatic nitrogens is 2. The molecule has 0 radical (unpaired) electrons. The van der Waals surface area contributed by atoms with Crippen molar-refractivity contribution >= 4 is 23.6 Å². The summed E-state index contributed by atoms with van der Waals surface area (Å²) in [5.74, 6) is 0.982. The number of carbonyl (C=O) groups excluding carboxylic acids is 1. The lowest BCUT2D eigenvalue weighted by Crippen LogP contribution is -2.36. The van der Waals surface area contributed by atoms with E-state index in [0.29, 0.717) is 17.0 Å². The van der Waals surface area contributed by atoms with Crippen molar-refractivity contribution in [3.8, 4) is 0 Å². The van der Waals surface area contributed by atoms with Crippen LogP contribution in [0.15, 0.2) is 6.08 Å². The maximum Gasteiger partial charge on any atom is 0.244 e. The van der Waals surface area contributed by atoms with Crippen LogP contribution in [0.3, 0.4) is 0 Å². The van der Waals surface area contributed by atoms with Gasteiger partial charge in [-0.05, 0) is 57.8 Å². The van der Waals surface area contributed by atoms with Crippen LogP contribution in [-0.4, -0.2) is 47.3 Å². The molecule has 1 aliphatic rings. The van der Waals surface area contributed by atoms with Gasteiger partial charge in [0, 0.05) is 24.7 Å². The highest BCUT2D eigenvalue weighted by atomic mass is 35.5. The summed E-state index contributed by atoms with van der Waals surface area (Å²) in [4.78, 5) is 14.4. The molecule has 0 unspecified atom stereocenters. The predicted octanol–water partition coefficient (Wildman–Crippen LogP) is 2.97. The lowest BCUT2D eigenvalue weighted by atomic mass is 9.97. The standard InChI is InChI=1S/C18H29ClN4O/c1-13(2)12-23-18(19)16(14(3)21-23)5-6-17(24)20-11-15-7-9-22(4)10-8-15/h5-6,13,15H,7-12H2,1-4H3,(H,20,24). The van der Waals surface area contributed by atoms with Crippen LogP contribution in [0.2, 0.25) is 5.15 Å². The molecular weight excluding hydrogens is 324 g/mol. The predicted molar refractivity (Wildman–Crippen MR) is 99.1 cm³/mol. The Hall–Kier alpha value is -1.33. The van der Waals surface area contributed by atoms with Crippen molar-refractivity contribution in [2.24, 2.45) is 11.8 Å². The molecule has 1 aromatic heterocycles. The molecule has 6 heteroatoms. The van der Waals surface area contributed by atoms with Crippen LogP contribution in [0.5, 0.6) is 0 Å². The van der Waals surface area contributed by atoms with Crippen molar-refractivity contribution in [1.82, 2.24) is 20.0 Å². The van der Waals surface area contributed by atoms with E-state index in [-0.39, 0.29) is 5.91 Å². The molecule has 1 fully saturated rings. The highest BCUT2D eigenvalue weighted by Crippen LogP contribution is 2.22. The summed E-state index contributed by atoms with van der Waals surface area (Å²) in [5.41, 5.74) is 1.67. The summed E-state index contributed by atoms with van der Waals surface area (Å²) in [6.07, 6.45) is 5.62. The Morgan fingerprint density at radius 3 is 2.71 bits per heavy atom. The smallest absolute Gasteiger partial charge is 0.244 e. The SMILES string of the molecule is Cc1nn(CC(C)C)c(Cl)c1C=CC(=O)NCC1CCN(C)CC1. The molecule has 0 saturated carbocycles. The number of halogens is 1. The summed E-state index contributed by atoms with van der Waals surface area (Å²) in [7, 11) is 2.14. The van der Waals surface area contributed by atoms with E-state index in [0.717, 1.165) is 50.3 Å². The Balaban J connectivity index is 1.88. The molecule has 1 aliphatic heterocycles. The molecule has 2 rings (SSSR count). The largest absolute Gasteiger partial charge is 0.352 e. The number of carbonyl (C=O) groups is 1. The van der Waals surface area contributed by atoms with Crippen LogP contribution in [-0.2, 0) is 11.3 Å². The molecule has 24 heavy (non-hydrogen) atoms. The fraction of sp³-hybridized carbons (Fsp3) is 0.667. The van der Waals surface area contributed by atoms with E-state index in [1.165, 1.54) is 0 Å². The minimum absolute atomic E-state index is 0.0685. The Bertz CT molecular complexity index is 586. The van der Waals surface area contributed by atoms with E-state index in [2.05, 4.69) is 36.2 Å². The first-order valence-corrected chi connectivity index (χ1v) is 9.12. The van der Waals surface area contributed by atoms with Gasteiger partial charge in [0.05, 0.1) is 5.69 Å². The lowest BCUT2D eigenvalue weighted by molar-refractivity contribution is -0.116. The van der Waals surface area contributed by atoms with Crippen LogP contribution < -0.4 is 5.32 Å². The highest BCUT2D eigenvalue weighted by Gasteiger charge is 2.17. The number of aryl methyl sites for hydroxylation is 1. The summed E-state index contributed by atoms with van der Waals surface area (Å²) in [6, 6.07) is 0. The number of hydrogen-bond donors (Lipinski definition) is 1. The van der Waals surface area contributed by atoms with Gasteiger partial charge in [-0.3, -0.25) is 9.48 Å². The molecule has 0 bridgehead atoms. The number of nitrogens with one attached hydrogen (secondary N) is 1. The molecule has 1 amide bonds. The molecule has 0 atom stereocenters. The molecule has 0 aromatic carbocycles. The number of hydrogen-bond acceptors (Lipinski definition) is 3. The summed E-state index contributed by atoms with van der Waals surface area (Å²) in [6.45, 7) is 9.91. The second-order valence-corrected chi connectivity index (χ2v) is 7.55. The lowest BCUT2D eigenvalue weighted by Gasteiger charge is -2.28. The molecule has 5 nitrogen and oxygen atoms in total. The van der Waals surface area contributed by atoms with Gasteiger partial charge in [-0.2, -0.15) is 5.10 Å². The van der Waals surface area contributed by atoms with Crippen LogP contribution in [0.1, 0.15) is 37.9 Å². The summed E-state index contributed by atoms with van der Waals surface area (Å²) in [5, 5.41) is 8.05. The minimum Gasteiger partial charge on any atom is -0.352 e. The maximum atomic E-state index is 12.1. The van der Waals surface area contributed by atoms with E-state index in [4.69, 9.17) is 11.6 Å². The first-order valence-electron chi connectivity index (χ1n) is 8.74. The van der Waals surface area contributed by atoms with Gasteiger partial charge in [0.1, 0.15) is 5.15 Å². The van der Waals surface area contributed by atoms with Crippen molar-refractivity contribution in [2.45, 2.75) is 40.2 Å². The van der Waals surface area contributed by atoms with Gasteiger partial charge in [0.25, 0.3) is 0 Å². The molecular formula is C18H29ClN4O. The maximum absolute atomic E-state index is 12.1. The number of nitrogens with zero attached hydrogens (tertiary/aromatic N) is 3. The third kappa shape index (κ3) is 5.35. The molecule has 1 saturated heterocycles. The number of rotatable bonds is 6. The second-order valence-electron chi connectivity index (χ2n) is 7.19. The van der Waals surface area contributed by atoms with Gasteiger partial charge < -0.3 is 10.2 Å². The Labute approximate surface area is 150 Å². The molecule has 0 aliphatic carbocycles. The van der Waals surface area contributed by atoms with Crippen molar-refractivity contribution in [3.63, 3.8) is 0 Å². The number of amides is 1. The van der Waals surface area contributed by atoms with E-state index >= 15 is 0 Å². The van der Waals surface area contributed by atoms with Gasteiger partial charge >= 0.3 is 0 Å². The van der Waals surface area contributed by atoms with E-state index in [9.17, 15) is 4.79 Å².